The quantitative estimate of drug-likeness (QED) is 0.598. The van der Waals surface area contributed by atoms with Gasteiger partial charge in [0.15, 0.2) is 5.65 Å². The molecule has 2 aromatic carbocycles. The van der Waals surface area contributed by atoms with E-state index < -0.39 is 0 Å². The fourth-order valence-electron chi connectivity index (χ4n) is 2.77. The lowest BCUT2D eigenvalue weighted by atomic mass is 10.1. The lowest BCUT2D eigenvalue weighted by molar-refractivity contribution is 0.415. The van der Waals surface area contributed by atoms with Crippen LogP contribution in [0.5, 0.6) is 5.75 Å². The monoisotopic (exact) mass is 350 g/mol. The van der Waals surface area contributed by atoms with Crippen molar-refractivity contribution in [3.8, 4) is 28.0 Å². The summed E-state index contributed by atoms with van der Waals surface area (Å²) in [5.41, 5.74) is 10.7. The molecule has 0 fully saturated rings. The molecule has 124 valence electrons. The van der Waals surface area contributed by atoms with Crippen LogP contribution in [0.4, 0.5) is 5.82 Å². The molecular weight excluding hydrogens is 336 g/mol. The molecule has 2 aromatic heterocycles. The number of rotatable bonds is 3. The number of halogens is 1. The first-order valence-electron chi connectivity index (χ1n) is 7.70. The van der Waals surface area contributed by atoms with Gasteiger partial charge in [0, 0.05) is 22.3 Å². The van der Waals surface area contributed by atoms with Crippen molar-refractivity contribution in [3.05, 3.63) is 65.9 Å². The Morgan fingerprint density at radius 3 is 2.24 bits per heavy atom. The highest BCUT2D eigenvalue weighted by Crippen LogP contribution is 2.31. The number of nitrogens with two attached hydrogens (primary N) is 1. The third-order valence-corrected chi connectivity index (χ3v) is 4.37. The van der Waals surface area contributed by atoms with Crippen molar-refractivity contribution in [2.45, 2.75) is 0 Å². The molecule has 0 saturated heterocycles. The Morgan fingerprint density at radius 1 is 0.920 bits per heavy atom. The maximum absolute atomic E-state index is 6.33. The van der Waals surface area contributed by atoms with Crippen molar-refractivity contribution in [2.75, 3.05) is 12.8 Å². The first-order chi connectivity index (χ1) is 12.2. The van der Waals surface area contributed by atoms with E-state index in [4.69, 9.17) is 22.1 Å². The number of hydrogen-bond donors (Lipinski definition) is 1. The number of hydrogen-bond acceptors (Lipinski definition) is 4. The van der Waals surface area contributed by atoms with Crippen LogP contribution in [0.25, 0.3) is 27.9 Å². The molecule has 2 N–H and O–H groups in total. The summed E-state index contributed by atoms with van der Waals surface area (Å²) in [6, 6.07) is 15.2. The first kappa shape index (κ1) is 15.5. The molecule has 0 bridgehead atoms. The molecular formula is C19H15ClN4O. The van der Waals surface area contributed by atoms with Crippen LogP contribution in [-0.2, 0) is 0 Å². The van der Waals surface area contributed by atoms with Gasteiger partial charge in [-0.1, -0.05) is 35.9 Å². The van der Waals surface area contributed by atoms with Crippen molar-refractivity contribution in [3.63, 3.8) is 0 Å². The molecule has 0 amide bonds. The van der Waals surface area contributed by atoms with Gasteiger partial charge in [-0.25, -0.2) is 4.98 Å². The average Bonchev–Trinajstić information content (AvgIpc) is 3.08. The predicted octanol–water partition coefficient (Wildman–Crippen LogP) is 4.31. The largest absolute Gasteiger partial charge is 0.497 e. The number of nitrogens with zero attached hydrogens (tertiary/aromatic N) is 3. The maximum atomic E-state index is 6.33. The van der Waals surface area contributed by atoms with Crippen molar-refractivity contribution >= 4 is 23.1 Å². The van der Waals surface area contributed by atoms with E-state index in [0.29, 0.717) is 16.5 Å². The lowest BCUT2D eigenvalue weighted by Crippen LogP contribution is -2.02. The molecule has 0 saturated carbocycles. The number of nitrogen functional groups attached to an aromatic ring is 1. The second-order valence-electron chi connectivity index (χ2n) is 5.59. The Labute approximate surface area is 149 Å². The summed E-state index contributed by atoms with van der Waals surface area (Å²) in [5.74, 6) is 1.34. The molecule has 25 heavy (non-hydrogen) atoms. The first-order valence-corrected chi connectivity index (χ1v) is 8.08. The van der Waals surface area contributed by atoms with Crippen LogP contribution in [0.1, 0.15) is 0 Å². The van der Waals surface area contributed by atoms with Crippen molar-refractivity contribution in [1.29, 1.82) is 0 Å². The van der Waals surface area contributed by atoms with Crippen LogP contribution in [0.15, 0.2) is 60.9 Å². The Balaban J connectivity index is 1.82. The van der Waals surface area contributed by atoms with Crippen LogP contribution in [-0.4, -0.2) is 21.7 Å². The number of ether oxygens (including phenoxy) is 1. The molecule has 0 aliphatic rings. The maximum Gasteiger partial charge on any atom is 0.165 e. The molecule has 4 aromatic rings. The van der Waals surface area contributed by atoms with E-state index in [1.807, 2.05) is 48.5 Å². The molecule has 2 heterocycles. The average molecular weight is 351 g/mol. The summed E-state index contributed by atoms with van der Waals surface area (Å²) < 4.78 is 6.86. The summed E-state index contributed by atoms with van der Waals surface area (Å²) >= 11 is 5.95. The van der Waals surface area contributed by atoms with Crippen LogP contribution < -0.4 is 10.5 Å². The standard InChI is InChI=1S/C19H15ClN4O/c1-25-15-8-4-13(5-9-15)17-11-23-24-18(21)16(10-22-19(17)24)12-2-6-14(20)7-3-12/h2-11H,21H2,1H3. The molecule has 0 unspecified atom stereocenters. The van der Waals surface area contributed by atoms with Crippen molar-refractivity contribution < 1.29 is 4.74 Å². The van der Waals surface area contributed by atoms with Gasteiger partial charge in [0.05, 0.1) is 13.3 Å². The Bertz CT molecular complexity index is 1040. The van der Waals surface area contributed by atoms with Crippen LogP contribution in [0.3, 0.4) is 0 Å². The van der Waals surface area contributed by atoms with Crippen LogP contribution >= 0.6 is 11.6 Å². The van der Waals surface area contributed by atoms with Crippen molar-refractivity contribution in [1.82, 2.24) is 14.6 Å². The summed E-state index contributed by atoms with van der Waals surface area (Å²) in [4.78, 5) is 4.58. The van der Waals surface area contributed by atoms with Gasteiger partial charge in [-0.3, -0.25) is 0 Å². The van der Waals surface area contributed by atoms with E-state index in [0.717, 1.165) is 28.0 Å². The number of anilines is 1. The molecule has 0 atom stereocenters. The highest BCUT2D eigenvalue weighted by molar-refractivity contribution is 6.30. The fourth-order valence-corrected chi connectivity index (χ4v) is 2.90. The van der Waals surface area contributed by atoms with E-state index in [2.05, 4.69) is 10.1 Å². The Hall–Kier alpha value is -3.05. The van der Waals surface area contributed by atoms with Gasteiger partial charge in [-0.2, -0.15) is 9.61 Å². The Kier molecular flexibility index (Phi) is 3.78. The molecule has 5 nitrogen and oxygen atoms in total. The zero-order valence-corrected chi connectivity index (χ0v) is 14.2. The number of methoxy groups -OCH3 is 1. The number of aromatic nitrogens is 3. The van der Waals surface area contributed by atoms with Gasteiger partial charge in [0.1, 0.15) is 11.6 Å². The minimum Gasteiger partial charge on any atom is -0.497 e. The summed E-state index contributed by atoms with van der Waals surface area (Å²) in [6.45, 7) is 0. The summed E-state index contributed by atoms with van der Waals surface area (Å²) in [5, 5.41) is 5.09. The fraction of sp³-hybridized carbons (Fsp3) is 0.0526. The molecule has 4 rings (SSSR count). The van der Waals surface area contributed by atoms with Crippen LogP contribution in [0.2, 0.25) is 5.02 Å². The van der Waals surface area contributed by atoms with Gasteiger partial charge >= 0.3 is 0 Å². The molecule has 6 heteroatoms. The normalized spacial score (nSPS) is 11.0. The molecule has 0 spiro atoms. The van der Waals surface area contributed by atoms with Gasteiger partial charge < -0.3 is 10.5 Å². The zero-order valence-electron chi connectivity index (χ0n) is 13.5. The Morgan fingerprint density at radius 2 is 1.56 bits per heavy atom. The highest BCUT2D eigenvalue weighted by Gasteiger charge is 2.13. The van der Waals surface area contributed by atoms with Gasteiger partial charge in [0.2, 0.25) is 0 Å². The van der Waals surface area contributed by atoms with Crippen LogP contribution in [0, 0.1) is 0 Å². The highest BCUT2D eigenvalue weighted by atomic mass is 35.5. The van der Waals surface area contributed by atoms with Gasteiger partial charge in [0.25, 0.3) is 0 Å². The molecule has 0 radical (unpaired) electrons. The van der Waals surface area contributed by atoms with Crippen molar-refractivity contribution in [2.24, 2.45) is 0 Å². The van der Waals surface area contributed by atoms with E-state index in [9.17, 15) is 0 Å². The van der Waals surface area contributed by atoms with E-state index in [1.54, 1.807) is 24.0 Å². The lowest BCUT2D eigenvalue weighted by Gasteiger charge is -2.08. The second kappa shape index (κ2) is 6.11. The minimum atomic E-state index is 0.534. The second-order valence-corrected chi connectivity index (χ2v) is 6.02. The summed E-state index contributed by atoms with van der Waals surface area (Å²) in [6.07, 6.45) is 3.54. The molecule has 0 aliphatic carbocycles. The number of fused-ring (bicyclic) bond motifs is 1. The molecule has 0 aliphatic heterocycles. The van der Waals surface area contributed by atoms with E-state index in [1.165, 1.54) is 0 Å². The van der Waals surface area contributed by atoms with E-state index in [-0.39, 0.29) is 0 Å². The zero-order chi connectivity index (χ0) is 17.4. The minimum absolute atomic E-state index is 0.534. The SMILES string of the molecule is COc1ccc(-c2cnn3c(N)c(-c4ccc(Cl)cc4)cnc23)cc1. The third kappa shape index (κ3) is 2.68. The van der Waals surface area contributed by atoms with E-state index >= 15 is 0 Å². The van der Waals surface area contributed by atoms with Gasteiger partial charge in [-0.05, 0) is 35.4 Å². The summed E-state index contributed by atoms with van der Waals surface area (Å²) in [7, 11) is 1.64. The van der Waals surface area contributed by atoms with Gasteiger partial charge in [-0.15, -0.1) is 0 Å². The smallest absolute Gasteiger partial charge is 0.165 e. The topological polar surface area (TPSA) is 65.4 Å². The number of benzene rings is 2. The third-order valence-electron chi connectivity index (χ3n) is 4.12. The predicted molar refractivity (Wildman–Crippen MR) is 99.8 cm³/mol.